The number of hydrogen-bond donors (Lipinski definition) is 2. The van der Waals surface area contributed by atoms with Crippen LogP contribution in [0.25, 0.3) is 10.9 Å². The van der Waals surface area contributed by atoms with Crippen molar-refractivity contribution >= 4 is 10.9 Å². The molecule has 0 atom stereocenters. The minimum atomic E-state index is 0.239. The van der Waals surface area contributed by atoms with Crippen molar-refractivity contribution in [1.82, 2.24) is 4.57 Å². The number of benzene rings is 2. The highest BCUT2D eigenvalue weighted by atomic mass is 16.5. The number of phenols is 1. The van der Waals surface area contributed by atoms with Gasteiger partial charge in [-0.15, -0.1) is 0 Å². The third-order valence-corrected chi connectivity index (χ3v) is 4.00. The van der Waals surface area contributed by atoms with Crippen LogP contribution in [-0.2, 0) is 13.2 Å². The molecule has 0 aliphatic heterocycles. The van der Waals surface area contributed by atoms with Gasteiger partial charge in [-0.2, -0.15) is 0 Å². The molecule has 3 N–H and O–H groups in total. The standard InChI is InChI=1S/C19H22N2O2/c1-13(2)21-11-15(12-23-17-6-4-16(22)5-7-17)18-8-3-14(10-20)9-19(18)21/h3-9,11,13,22H,10,12,20H2,1-2H3. The second kappa shape index (κ2) is 6.34. The zero-order chi connectivity index (χ0) is 16.4. The Morgan fingerprint density at radius 3 is 2.52 bits per heavy atom. The summed E-state index contributed by atoms with van der Waals surface area (Å²) in [5.74, 6) is 0.981. The third kappa shape index (κ3) is 3.17. The van der Waals surface area contributed by atoms with Gasteiger partial charge in [0.15, 0.2) is 0 Å². The van der Waals surface area contributed by atoms with Crippen LogP contribution in [0.1, 0.15) is 31.0 Å². The summed E-state index contributed by atoms with van der Waals surface area (Å²) in [6.45, 7) is 5.36. The van der Waals surface area contributed by atoms with Crippen LogP contribution in [0.15, 0.2) is 48.7 Å². The van der Waals surface area contributed by atoms with Crippen LogP contribution < -0.4 is 10.5 Å². The van der Waals surface area contributed by atoms with Gasteiger partial charge < -0.3 is 20.1 Å². The van der Waals surface area contributed by atoms with E-state index < -0.39 is 0 Å². The molecule has 0 aliphatic rings. The van der Waals surface area contributed by atoms with E-state index in [4.69, 9.17) is 10.5 Å². The molecule has 1 heterocycles. The number of nitrogens with zero attached hydrogens (tertiary/aromatic N) is 1. The van der Waals surface area contributed by atoms with Gasteiger partial charge >= 0.3 is 0 Å². The molecular formula is C19H22N2O2. The Bertz CT molecular complexity index is 804. The van der Waals surface area contributed by atoms with Crippen molar-refractivity contribution in [3.63, 3.8) is 0 Å². The van der Waals surface area contributed by atoms with E-state index in [9.17, 15) is 5.11 Å². The van der Waals surface area contributed by atoms with Crippen LogP contribution in [0, 0.1) is 0 Å². The topological polar surface area (TPSA) is 60.4 Å². The summed E-state index contributed by atoms with van der Waals surface area (Å²) in [5, 5.41) is 10.5. The number of hydrogen-bond acceptors (Lipinski definition) is 3. The minimum Gasteiger partial charge on any atom is -0.508 e. The van der Waals surface area contributed by atoms with E-state index in [-0.39, 0.29) is 5.75 Å². The molecule has 4 heteroatoms. The molecule has 0 saturated carbocycles. The average molecular weight is 310 g/mol. The van der Waals surface area contributed by atoms with Gasteiger partial charge in [-0.1, -0.05) is 12.1 Å². The fourth-order valence-corrected chi connectivity index (χ4v) is 2.74. The quantitative estimate of drug-likeness (QED) is 0.749. The lowest BCUT2D eigenvalue weighted by Gasteiger charge is -2.09. The maximum Gasteiger partial charge on any atom is 0.120 e. The summed E-state index contributed by atoms with van der Waals surface area (Å²) in [4.78, 5) is 0. The SMILES string of the molecule is CC(C)n1cc(COc2ccc(O)cc2)c2ccc(CN)cc21. The first-order valence-corrected chi connectivity index (χ1v) is 7.82. The van der Waals surface area contributed by atoms with E-state index in [1.807, 2.05) is 0 Å². The number of rotatable bonds is 5. The summed E-state index contributed by atoms with van der Waals surface area (Å²) >= 11 is 0. The summed E-state index contributed by atoms with van der Waals surface area (Å²) in [5.41, 5.74) is 9.23. The van der Waals surface area contributed by atoms with Crippen LogP contribution in [0.5, 0.6) is 11.5 Å². The van der Waals surface area contributed by atoms with Gasteiger partial charge in [0.1, 0.15) is 18.1 Å². The Kier molecular flexibility index (Phi) is 4.26. The Morgan fingerprint density at radius 1 is 1.13 bits per heavy atom. The monoisotopic (exact) mass is 310 g/mol. The predicted molar refractivity (Wildman–Crippen MR) is 92.7 cm³/mol. The van der Waals surface area contributed by atoms with E-state index in [0.29, 0.717) is 19.2 Å². The number of nitrogens with two attached hydrogens (primary N) is 1. The Morgan fingerprint density at radius 2 is 1.87 bits per heavy atom. The summed E-state index contributed by atoms with van der Waals surface area (Å²) in [6.07, 6.45) is 2.15. The fourth-order valence-electron chi connectivity index (χ4n) is 2.74. The molecule has 0 saturated heterocycles. The zero-order valence-electron chi connectivity index (χ0n) is 13.5. The molecule has 3 rings (SSSR count). The molecule has 0 aliphatic carbocycles. The van der Waals surface area contributed by atoms with Crippen LogP contribution in [0.2, 0.25) is 0 Å². The second-order valence-corrected chi connectivity index (χ2v) is 5.99. The maximum atomic E-state index is 9.33. The van der Waals surface area contributed by atoms with Gasteiger partial charge in [-0.05, 0) is 49.7 Å². The second-order valence-electron chi connectivity index (χ2n) is 5.99. The zero-order valence-corrected chi connectivity index (χ0v) is 13.5. The van der Waals surface area contributed by atoms with Gasteiger partial charge in [0.05, 0.1) is 0 Å². The minimum absolute atomic E-state index is 0.239. The van der Waals surface area contributed by atoms with E-state index in [2.05, 4.69) is 42.8 Å². The smallest absolute Gasteiger partial charge is 0.120 e. The molecule has 1 aromatic heterocycles. The molecule has 23 heavy (non-hydrogen) atoms. The Labute approximate surface area is 136 Å². The molecule has 0 spiro atoms. The van der Waals surface area contributed by atoms with Crippen LogP contribution in [0.3, 0.4) is 0 Å². The van der Waals surface area contributed by atoms with Crippen LogP contribution in [0.4, 0.5) is 0 Å². The normalized spacial score (nSPS) is 11.3. The molecule has 3 aromatic rings. The van der Waals surface area contributed by atoms with Gasteiger partial charge in [-0.25, -0.2) is 0 Å². The van der Waals surface area contributed by atoms with Crippen molar-refractivity contribution in [3.05, 3.63) is 59.8 Å². The summed E-state index contributed by atoms with van der Waals surface area (Å²) in [7, 11) is 0. The number of fused-ring (bicyclic) bond motifs is 1. The predicted octanol–water partition coefficient (Wildman–Crippen LogP) is 3.97. The fraction of sp³-hybridized carbons (Fsp3) is 0.263. The van der Waals surface area contributed by atoms with Crippen molar-refractivity contribution in [3.8, 4) is 11.5 Å². The van der Waals surface area contributed by atoms with Crippen molar-refractivity contribution in [2.75, 3.05) is 0 Å². The lowest BCUT2D eigenvalue weighted by atomic mass is 10.1. The van der Waals surface area contributed by atoms with E-state index in [1.54, 1.807) is 24.3 Å². The highest BCUT2D eigenvalue weighted by molar-refractivity contribution is 5.84. The molecule has 4 nitrogen and oxygen atoms in total. The summed E-state index contributed by atoms with van der Waals surface area (Å²) in [6, 6.07) is 13.5. The van der Waals surface area contributed by atoms with E-state index in [0.717, 1.165) is 16.9 Å². The maximum absolute atomic E-state index is 9.33. The van der Waals surface area contributed by atoms with Crippen molar-refractivity contribution in [2.24, 2.45) is 5.73 Å². The van der Waals surface area contributed by atoms with Crippen LogP contribution >= 0.6 is 0 Å². The van der Waals surface area contributed by atoms with Gasteiger partial charge in [-0.3, -0.25) is 0 Å². The van der Waals surface area contributed by atoms with Gasteiger partial charge in [0.25, 0.3) is 0 Å². The lowest BCUT2D eigenvalue weighted by molar-refractivity contribution is 0.306. The largest absolute Gasteiger partial charge is 0.508 e. The molecule has 0 fully saturated rings. The highest BCUT2D eigenvalue weighted by Gasteiger charge is 2.11. The first kappa shape index (κ1) is 15.4. The van der Waals surface area contributed by atoms with Crippen molar-refractivity contribution in [2.45, 2.75) is 33.0 Å². The molecule has 0 bridgehead atoms. The first-order chi connectivity index (χ1) is 11.1. The Hall–Kier alpha value is -2.46. The van der Waals surface area contributed by atoms with E-state index in [1.165, 1.54) is 10.9 Å². The summed E-state index contributed by atoms with van der Waals surface area (Å²) < 4.78 is 8.11. The molecular weight excluding hydrogens is 288 g/mol. The number of phenolic OH excluding ortho intramolecular Hbond substituents is 1. The first-order valence-electron chi connectivity index (χ1n) is 7.82. The van der Waals surface area contributed by atoms with Gasteiger partial charge in [0.2, 0.25) is 0 Å². The van der Waals surface area contributed by atoms with Crippen molar-refractivity contribution < 1.29 is 9.84 Å². The number of ether oxygens (including phenoxy) is 1. The highest BCUT2D eigenvalue weighted by Crippen LogP contribution is 2.27. The molecule has 120 valence electrons. The molecule has 0 amide bonds. The number of aromatic hydroxyl groups is 1. The molecule has 2 aromatic carbocycles. The van der Waals surface area contributed by atoms with E-state index >= 15 is 0 Å². The van der Waals surface area contributed by atoms with Crippen molar-refractivity contribution in [1.29, 1.82) is 0 Å². The number of aromatic nitrogens is 1. The third-order valence-electron chi connectivity index (χ3n) is 4.00. The lowest BCUT2D eigenvalue weighted by Crippen LogP contribution is -2.00. The Balaban J connectivity index is 1.92. The molecule has 0 unspecified atom stereocenters. The van der Waals surface area contributed by atoms with Gasteiger partial charge in [0, 0.05) is 35.2 Å². The molecule has 0 radical (unpaired) electrons. The van der Waals surface area contributed by atoms with Crippen LogP contribution in [-0.4, -0.2) is 9.67 Å². The average Bonchev–Trinajstić information content (AvgIpc) is 2.92.